The molecule has 204 valence electrons. The van der Waals surface area contributed by atoms with Crippen molar-refractivity contribution in [2.45, 2.75) is 38.5 Å². The van der Waals surface area contributed by atoms with Crippen LogP contribution in [0.2, 0.25) is 5.02 Å². The van der Waals surface area contributed by atoms with Crippen LogP contribution in [0.15, 0.2) is 55.1 Å². The second-order valence-electron chi connectivity index (χ2n) is 10.0. The monoisotopic (exact) mass is 560 g/mol. The highest BCUT2D eigenvalue weighted by Crippen LogP contribution is 2.37. The van der Waals surface area contributed by atoms with E-state index in [0.29, 0.717) is 24.6 Å². The van der Waals surface area contributed by atoms with Crippen LogP contribution in [0.25, 0.3) is 5.52 Å². The second kappa shape index (κ2) is 9.92. The van der Waals surface area contributed by atoms with Gasteiger partial charge in [0.1, 0.15) is 28.2 Å². The van der Waals surface area contributed by atoms with E-state index in [4.69, 9.17) is 21.1 Å². The molecular weight excluding hydrogens is 537 g/mol. The number of carbonyl (C=O) groups is 1. The zero-order chi connectivity index (χ0) is 27.9. The van der Waals surface area contributed by atoms with E-state index < -0.39 is 17.3 Å². The fourth-order valence-electron chi connectivity index (χ4n) is 4.10. The summed E-state index contributed by atoms with van der Waals surface area (Å²) in [5.41, 5.74) is 0.756. The Labute approximate surface area is 226 Å². The topological polar surface area (TPSA) is 93.9 Å². The number of ether oxygens (including phenoxy) is 2. The van der Waals surface area contributed by atoms with Crippen LogP contribution in [-0.4, -0.2) is 49.3 Å². The van der Waals surface area contributed by atoms with E-state index in [1.807, 2.05) is 33.0 Å². The number of hydrogen-bond donors (Lipinski definition) is 1. The number of nitrogens with one attached hydrogen (secondary N) is 1. The lowest BCUT2D eigenvalue weighted by Gasteiger charge is -2.39. The third kappa shape index (κ3) is 5.85. The predicted octanol–water partition coefficient (Wildman–Crippen LogP) is 6.67. The first-order valence-corrected chi connectivity index (χ1v) is 12.3. The normalized spacial score (nSPS) is 14.3. The number of benzene rings is 1. The van der Waals surface area contributed by atoms with Crippen LogP contribution in [0.5, 0.6) is 11.6 Å². The van der Waals surface area contributed by atoms with Crippen molar-refractivity contribution in [3.63, 3.8) is 0 Å². The fourth-order valence-corrected chi connectivity index (χ4v) is 4.31. The van der Waals surface area contributed by atoms with E-state index in [2.05, 4.69) is 20.4 Å². The predicted molar refractivity (Wildman–Crippen MR) is 138 cm³/mol. The van der Waals surface area contributed by atoms with Gasteiger partial charge in [-0.3, -0.25) is 0 Å². The molecule has 0 spiro atoms. The maximum Gasteiger partial charge on any atom is 0.416 e. The molecule has 1 saturated heterocycles. The first-order valence-electron chi connectivity index (χ1n) is 12.0. The van der Waals surface area contributed by atoms with Gasteiger partial charge >= 0.3 is 12.3 Å². The van der Waals surface area contributed by atoms with Crippen LogP contribution in [-0.2, 0) is 10.9 Å². The third-order valence-corrected chi connectivity index (χ3v) is 6.17. The highest BCUT2D eigenvalue weighted by Gasteiger charge is 2.36. The van der Waals surface area contributed by atoms with Crippen molar-refractivity contribution in [3.8, 4) is 11.6 Å². The fraction of sp³-hybridized carbons (Fsp3) is 0.308. The van der Waals surface area contributed by atoms with Gasteiger partial charge in [-0.05, 0) is 56.7 Å². The second-order valence-corrected chi connectivity index (χ2v) is 10.4. The molecule has 3 aromatic heterocycles. The lowest BCUT2D eigenvalue weighted by atomic mass is 9.92. The van der Waals surface area contributed by atoms with E-state index in [1.54, 1.807) is 9.42 Å². The summed E-state index contributed by atoms with van der Waals surface area (Å²) in [6.45, 7) is 6.47. The summed E-state index contributed by atoms with van der Waals surface area (Å²) in [7, 11) is 0. The minimum atomic E-state index is -4.50. The number of amides is 1. The van der Waals surface area contributed by atoms with Crippen LogP contribution < -0.4 is 10.1 Å². The summed E-state index contributed by atoms with van der Waals surface area (Å²) in [5, 5.41) is 7.53. The molecule has 0 bridgehead atoms. The summed E-state index contributed by atoms with van der Waals surface area (Å²) in [6, 6.07) is 7.92. The molecule has 5 rings (SSSR count). The maximum atomic E-state index is 13.0. The minimum absolute atomic E-state index is 0.0452. The average Bonchev–Trinajstić information content (AvgIpc) is 3.23. The van der Waals surface area contributed by atoms with Gasteiger partial charge in [-0.15, -0.1) is 0 Å². The van der Waals surface area contributed by atoms with Crippen LogP contribution in [0.4, 0.5) is 29.5 Å². The molecule has 1 N–H and O–H groups in total. The number of pyridine rings is 1. The number of carbonyl (C=O) groups excluding carboxylic acids is 1. The standard InChI is InChI=1S/C26H24ClF3N6O3/c1-25(2,3)39-24(37)35-12-15(13-35)19-7-8-36-21(19)22(32-14-33-36)34-17-10-20(27)23(31-11-17)38-18-6-4-5-16(9-18)26(28,29)30/h4-11,14-15H,12-13H2,1-3H3,(H,32,33,34). The van der Waals surface area contributed by atoms with Crippen molar-refractivity contribution in [3.05, 3.63) is 71.3 Å². The Balaban J connectivity index is 1.32. The maximum absolute atomic E-state index is 13.0. The van der Waals surface area contributed by atoms with Crippen LogP contribution in [0.1, 0.15) is 37.8 Å². The molecule has 1 aliphatic heterocycles. The quantitative estimate of drug-likeness (QED) is 0.291. The molecule has 4 aromatic rings. The molecule has 0 saturated carbocycles. The van der Waals surface area contributed by atoms with Crippen LogP contribution >= 0.6 is 11.6 Å². The number of alkyl halides is 3. The number of aromatic nitrogens is 4. The van der Waals surface area contributed by atoms with Crippen molar-refractivity contribution in [2.75, 3.05) is 18.4 Å². The number of halogens is 4. The molecule has 13 heteroatoms. The molecule has 4 heterocycles. The molecule has 1 fully saturated rings. The number of fused-ring (bicyclic) bond motifs is 1. The van der Waals surface area contributed by atoms with E-state index in [-0.39, 0.29) is 28.7 Å². The van der Waals surface area contributed by atoms with Gasteiger partial charge in [-0.1, -0.05) is 17.7 Å². The largest absolute Gasteiger partial charge is 0.444 e. The van der Waals surface area contributed by atoms with Crippen molar-refractivity contribution in [1.29, 1.82) is 0 Å². The van der Waals surface area contributed by atoms with Crippen molar-refractivity contribution in [1.82, 2.24) is 24.5 Å². The lowest BCUT2D eigenvalue weighted by Crippen LogP contribution is -2.50. The minimum Gasteiger partial charge on any atom is -0.444 e. The van der Waals surface area contributed by atoms with Gasteiger partial charge in [-0.25, -0.2) is 19.3 Å². The zero-order valence-corrected chi connectivity index (χ0v) is 21.9. The number of rotatable bonds is 5. The molecule has 1 aliphatic rings. The van der Waals surface area contributed by atoms with E-state index >= 15 is 0 Å². The van der Waals surface area contributed by atoms with Gasteiger partial charge in [0.25, 0.3) is 0 Å². The highest BCUT2D eigenvalue weighted by molar-refractivity contribution is 6.32. The Morgan fingerprint density at radius 1 is 1.13 bits per heavy atom. The first kappa shape index (κ1) is 26.5. The number of anilines is 2. The third-order valence-electron chi connectivity index (χ3n) is 5.90. The number of likely N-dealkylation sites (tertiary alicyclic amines) is 1. The summed E-state index contributed by atoms with van der Waals surface area (Å²) in [4.78, 5) is 22.5. The van der Waals surface area contributed by atoms with Gasteiger partial charge in [0.05, 0.1) is 17.4 Å². The number of nitrogens with zero attached hydrogens (tertiary/aromatic N) is 5. The van der Waals surface area contributed by atoms with E-state index in [1.165, 1.54) is 30.7 Å². The molecule has 39 heavy (non-hydrogen) atoms. The Hall–Kier alpha value is -4.06. The Morgan fingerprint density at radius 2 is 1.90 bits per heavy atom. The molecular formula is C26H24ClF3N6O3. The first-order chi connectivity index (χ1) is 18.4. The van der Waals surface area contributed by atoms with Gasteiger partial charge in [0.2, 0.25) is 5.88 Å². The van der Waals surface area contributed by atoms with E-state index in [0.717, 1.165) is 23.2 Å². The molecule has 1 aromatic carbocycles. The number of hydrogen-bond acceptors (Lipinski definition) is 7. The van der Waals surface area contributed by atoms with Crippen molar-refractivity contribution < 1.29 is 27.4 Å². The molecule has 0 unspecified atom stereocenters. The lowest BCUT2D eigenvalue weighted by molar-refractivity contribution is -0.137. The molecule has 9 nitrogen and oxygen atoms in total. The van der Waals surface area contributed by atoms with Gasteiger partial charge in [0.15, 0.2) is 5.82 Å². The highest BCUT2D eigenvalue weighted by atomic mass is 35.5. The summed E-state index contributed by atoms with van der Waals surface area (Å²) >= 11 is 6.34. The van der Waals surface area contributed by atoms with E-state index in [9.17, 15) is 18.0 Å². The summed E-state index contributed by atoms with van der Waals surface area (Å²) < 4.78 is 51.7. The summed E-state index contributed by atoms with van der Waals surface area (Å²) in [6.07, 6.45) is -0.218. The SMILES string of the molecule is CC(C)(C)OC(=O)N1CC(c2ccn3ncnc(Nc4cnc(Oc5cccc(C(F)(F)F)c5)c(Cl)c4)c23)C1. The average molecular weight is 561 g/mol. The molecule has 0 aliphatic carbocycles. The Morgan fingerprint density at radius 3 is 2.59 bits per heavy atom. The van der Waals surface area contributed by atoms with Gasteiger partial charge in [0, 0.05) is 25.2 Å². The zero-order valence-electron chi connectivity index (χ0n) is 21.2. The Kier molecular flexibility index (Phi) is 6.75. The van der Waals surface area contributed by atoms with Crippen LogP contribution in [0, 0.1) is 0 Å². The Bertz CT molecular complexity index is 1530. The summed E-state index contributed by atoms with van der Waals surface area (Å²) in [5.74, 6) is 0.467. The van der Waals surface area contributed by atoms with Gasteiger partial charge < -0.3 is 19.7 Å². The smallest absolute Gasteiger partial charge is 0.416 e. The van der Waals surface area contributed by atoms with Crippen molar-refractivity contribution in [2.24, 2.45) is 0 Å². The van der Waals surface area contributed by atoms with Crippen LogP contribution in [0.3, 0.4) is 0 Å². The van der Waals surface area contributed by atoms with Gasteiger partial charge in [-0.2, -0.15) is 18.3 Å². The molecule has 1 amide bonds. The molecule has 0 atom stereocenters. The molecule has 0 radical (unpaired) electrons. The van der Waals surface area contributed by atoms with Crippen molar-refractivity contribution >= 4 is 34.7 Å².